The van der Waals surface area contributed by atoms with Crippen LogP contribution < -0.4 is 5.32 Å². The number of hydrogen-bond acceptors (Lipinski definition) is 6. The zero-order chi connectivity index (χ0) is 23.9. The molecule has 9 nitrogen and oxygen atoms in total. The van der Waals surface area contributed by atoms with Gasteiger partial charge in [0.2, 0.25) is 0 Å². The van der Waals surface area contributed by atoms with Crippen molar-refractivity contribution in [1.29, 1.82) is 0 Å². The molecule has 0 atom stereocenters. The molecule has 3 N–H and O–H groups in total. The van der Waals surface area contributed by atoms with Gasteiger partial charge in [-0.2, -0.15) is 5.10 Å². The largest absolute Gasteiger partial charge is 0.337 e. The molecule has 0 unspecified atom stereocenters. The number of aromatic nitrogens is 8. The number of rotatable bonds is 6. The molecule has 0 aliphatic heterocycles. The molecule has 0 saturated carbocycles. The second kappa shape index (κ2) is 8.44. The lowest BCUT2D eigenvalue weighted by Crippen LogP contribution is -2.13. The van der Waals surface area contributed by atoms with Gasteiger partial charge in [-0.1, -0.05) is 13.0 Å². The van der Waals surface area contributed by atoms with Gasteiger partial charge in [0.05, 0.1) is 28.6 Å². The minimum atomic E-state index is 0.643. The first-order valence-electron chi connectivity index (χ1n) is 11.6. The normalized spacial score (nSPS) is 11.6. The Morgan fingerprint density at radius 2 is 2.00 bits per heavy atom. The first-order chi connectivity index (χ1) is 17.1. The average Bonchev–Trinajstić information content (AvgIpc) is 3.60. The molecule has 35 heavy (non-hydrogen) atoms. The first-order valence-corrected chi connectivity index (χ1v) is 11.6. The van der Waals surface area contributed by atoms with Crippen LogP contribution in [0.5, 0.6) is 0 Å². The number of benzene rings is 1. The summed E-state index contributed by atoms with van der Waals surface area (Å²) in [6.45, 7) is 7.90. The Hall–Kier alpha value is -4.37. The Bertz CT molecular complexity index is 1670. The summed E-state index contributed by atoms with van der Waals surface area (Å²) >= 11 is 0. The van der Waals surface area contributed by atoms with Crippen molar-refractivity contribution < 1.29 is 0 Å². The summed E-state index contributed by atoms with van der Waals surface area (Å²) < 4.78 is 1.99. The van der Waals surface area contributed by atoms with E-state index in [2.05, 4.69) is 55.4 Å². The van der Waals surface area contributed by atoms with Crippen molar-refractivity contribution in [2.75, 3.05) is 6.54 Å². The predicted octanol–water partition coefficient (Wildman–Crippen LogP) is 4.48. The summed E-state index contributed by atoms with van der Waals surface area (Å²) in [6, 6.07) is 8.17. The number of pyridine rings is 2. The van der Waals surface area contributed by atoms with Gasteiger partial charge >= 0.3 is 0 Å². The number of imidazole rings is 2. The number of aryl methyl sites for hydroxylation is 1. The molecular weight excluding hydrogens is 438 g/mol. The summed E-state index contributed by atoms with van der Waals surface area (Å²) in [5, 5.41) is 11.8. The van der Waals surface area contributed by atoms with E-state index < -0.39 is 0 Å². The Balaban J connectivity index is 1.46. The predicted molar refractivity (Wildman–Crippen MR) is 136 cm³/mol. The molecule has 0 aliphatic rings. The second-order valence-corrected chi connectivity index (χ2v) is 8.63. The third kappa shape index (κ3) is 3.66. The molecule has 0 amide bonds. The van der Waals surface area contributed by atoms with Crippen LogP contribution in [0.2, 0.25) is 0 Å². The van der Waals surface area contributed by atoms with Crippen molar-refractivity contribution in [2.45, 2.75) is 27.3 Å². The number of fused-ring (bicyclic) bond motifs is 2. The molecule has 0 spiro atoms. The fourth-order valence-corrected chi connectivity index (χ4v) is 4.42. The van der Waals surface area contributed by atoms with Gasteiger partial charge in [0, 0.05) is 42.5 Å². The van der Waals surface area contributed by atoms with Gasteiger partial charge in [-0.3, -0.25) is 10.1 Å². The number of para-hydroxylation sites is 1. The number of aromatic amines is 2. The van der Waals surface area contributed by atoms with Crippen molar-refractivity contribution in [2.24, 2.45) is 0 Å². The van der Waals surface area contributed by atoms with Crippen LogP contribution in [0, 0.1) is 13.8 Å². The van der Waals surface area contributed by atoms with Gasteiger partial charge < -0.3 is 14.9 Å². The molecule has 6 aromatic rings. The summed E-state index contributed by atoms with van der Waals surface area (Å²) in [5.41, 5.74) is 9.58. The van der Waals surface area contributed by atoms with Gasteiger partial charge in [0.25, 0.3) is 0 Å². The van der Waals surface area contributed by atoms with Gasteiger partial charge in [-0.25, -0.2) is 15.0 Å². The van der Waals surface area contributed by atoms with Gasteiger partial charge in [-0.15, -0.1) is 0 Å². The number of nitrogens with one attached hydrogen (secondary N) is 3. The van der Waals surface area contributed by atoms with Gasteiger partial charge in [-0.05, 0) is 49.7 Å². The van der Waals surface area contributed by atoms with Crippen LogP contribution in [-0.4, -0.2) is 46.2 Å². The Morgan fingerprint density at radius 3 is 2.83 bits per heavy atom. The summed E-state index contributed by atoms with van der Waals surface area (Å²) in [5.74, 6) is 0.710. The molecule has 0 fully saturated rings. The Labute approximate surface area is 201 Å². The Morgan fingerprint density at radius 1 is 1.09 bits per heavy atom. The lowest BCUT2D eigenvalue weighted by Gasteiger charge is -2.11. The highest BCUT2D eigenvalue weighted by molar-refractivity contribution is 5.95. The standard InChI is InChI=1S/C26H25N9/c1-4-27-9-18-10-28-12-20(16(18)3)17-8-19-23(33-34-25(19)29-11-17)26-31-21-6-5-7-22(24(21)32-26)35-13-15(2)30-14-35/h5-8,10-14,27H,4,9H2,1-3H3,(H,31,32)(H,29,33,34). The van der Waals surface area contributed by atoms with E-state index in [1.165, 1.54) is 11.1 Å². The van der Waals surface area contributed by atoms with E-state index in [1.807, 2.05) is 54.5 Å². The molecule has 5 heterocycles. The highest BCUT2D eigenvalue weighted by atomic mass is 15.2. The number of nitrogens with zero attached hydrogens (tertiary/aromatic N) is 6. The average molecular weight is 464 g/mol. The van der Waals surface area contributed by atoms with Gasteiger partial charge in [0.1, 0.15) is 11.2 Å². The van der Waals surface area contributed by atoms with E-state index in [1.54, 1.807) is 6.33 Å². The molecule has 1 aromatic carbocycles. The molecular formula is C26H25N9. The zero-order valence-corrected chi connectivity index (χ0v) is 19.8. The van der Waals surface area contributed by atoms with Crippen LogP contribution in [0.4, 0.5) is 0 Å². The first kappa shape index (κ1) is 21.2. The van der Waals surface area contributed by atoms with E-state index in [9.17, 15) is 0 Å². The van der Waals surface area contributed by atoms with Crippen LogP contribution in [0.25, 0.3) is 50.4 Å². The maximum Gasteiger partial charge on any atom is 0.181 e. The molecule has 0 radical (unpaired) electrons. The quantitative estimate of drug-likeness (QED) is 0.336. The summed E-state index contributed by atoms with van der Waals surface area (Å²) in [6.07, 6.45) is 9.47. The van der Waals surface area contributed by atoms with E-state index in [0.29, 0.717) is 11.5 Å². The minimum Gasteiger partial charge on any atom is -0.337 e. The number of hydrogen-bond donors (Lipinski definition) is 3. The monoisotopic (exact) mass is 463 g/mol. The van der Waals surface area contributed by atoms with E-state index in [4.69, 9.17) is 4.98 Å². The van der Waals surface area contributed by atoms with Crippen molar-refractivity contribution in [3.63, 3.8) is 0 Å². The van der Waals surface area contributed by atoms with Crippen molar-refractivity contribution in [3.05, 3.63) is 72.2 Å². The molecule has 0 bridgehead atoms. The Kier molecular flexibility index (Phi) is 5.11. The number of H-pyrrole nitrogens is 2. The lowest BCUT2D eigenvalue weighted by molar-refractivity contribution is 0.721. The molecule has 174 valence electrons. The molecule has 5 aromatic heterocycles. The van der Waals surface area contributed by atoms with Crippen LogP contribution in [0.3, 0.4) is 0 Å². The fourth-order valence-electron chi connectivity index (χ4n) is 4.42. The molecule has 0 saturated heterocycles. The fraction of sp³-hybridized carbons (Fsp3) is 0.192. The van der Waals surface area contributed by atoms with E-state index in [0.717, 1.165) is 57.7 Å². The highest BCUT2D eigenvalue weighted by Crippen LogP contribution is 2.32. The van der Waals surface area contributed by atoms with Crippen LogP contribution >= 0.6 is 0 Å². The maximum absolute atomic E-state index is 4.93. The van der Waals surface area contributed by atoms with E-state index >= 15 is 0 Å². The highest BCUT2D eigenvalue weighted by Gasteiger charge is 2.17. The van der Waals surface area contributed by atoms with Crippen molar-refractivity contribution in [3.8, 4) is 28.3 Å². The molecule has 0 aliphatic carbocycles. The minimum absolute atomic E-state index is 0.643. The summed E-state index contributed by atoms with van der Waals surface area (Å²) in [4.78, 5) is 21.8. The zero-order valence-electron chi connectivity index (χ0n) is 19.8. The van der Waals surface area contributed by atoms with Crippen molar-refractivity contribution >= 4 is 22.1 Å². The van der Waals surface area contributed by atoms with E-state index in [-0.39, 0.29) is 0 Å². The van der Waals surface area contributed by atoms with Crippen LogP contribution in [-0.2, 0) is 6.54 Å². The van der Waals surface area contributed by atoms with Crippen LogP contribution in [0.15, 0.2) is 55.4 Å². The molecule has 9 heteroatoms. The second-order valence-electron chi connectivity index (χ2n) is 8.63. The third-order valence-electron chi connectivity index (χ3n) is 6.32. The third-order valence-corrected chi connectivity index (χ3v) is 6.32. The maximum atomic E-state index is 4.93. The molecule has 6 rings (SSSR count). The summed E-state index contributed by atoms with van der Waals surface area (Å²) in [7, 11) is 0. The topological polar surface area (TPSA) is 113 Å². The lowest BCUT2D eigenvalue weighted by atomic mass is 9.99. The SMILES string of the molecule is CCNCc1cncc(-c2cnc3n[nH]c(-c4nc5c(-n6cnc(C)c6)cccc5[nH]4)c3c2)c1C. The smallest absolute Gasteiger partial charge is 0.181 e. The van der Waals surface area contributed by atoms with Gasteiger partial charge in [0.15, 0.2) is 11.5 Å². The van der Waals surface area contributed by atoms with Crippen molar-refractivity contribution in [1.82, 2.24) is 45.0 Å². The van der Waals surface area contributed by atoms with Crippen LogP contribution in [0.1, 0.15) is 23.7 Å².